The summed E-state index contributed by atoms with van der Waals surface area (Å²) in [5, 5.41) is 2.76. The highest BCUT2D eigenvalue weighted by molar-refractivity contribution is 7.89. The van der Waals surface area contributed by atoms with Crippen LogP contribution in [0, 0.1) is 0 Å². The van der Waals surface area contributed by atoms with E-state index in [4.69, 9.17) is 14.2 Å². The minimum Gasteiger partial charge on any atom is -0.454 e. The van der Waals surface area contributed by atoms with Gasteiger partial charge in [-0.05, 0) is 49.2 Å². The van der Waals surface area contributed by atoms with Gasteiger partial charge < -0.3 is 19.5 Å². The number of hydrogen-bond acceptors (Lipinski definition) is 6. The third-order valence-corrected chi connectivity index (χ3v) is 5.66. The molecule has 1 aliphatic rings. The van der Waals surface area contributed by atoms with E-state index in [1.165, 1.54) is 12.1 Å². The van der Waals surface area contributed by atoms with Gasteiger partial charge in [0.1, 0.15) is 0 Å². The molecule has 0 atom stereocenters. The lowest BCUT2D eigenvalue weighted by Gasteiger charge is -2.10. The van der Waals surface area contributed by atoms with Crippen LogP contribution in [0.4, 0.5) is 0 Å². The zero-order valence-corrected chi connectivity index (χ0v) is 17.0. The van der Waals surface area contributed by atoms with Crippen LogP contribution in [-0.4, -0.2) is 40.9 Å². The van der Waals surface area contributed by atoms with Crippen molar-refractivity contribution < 1.29 is 27.4 Å². The van der Waals surface area contributed by atoms with Crippen molar-refractivity contribution in [2.24, 2.45) is 0 Å². The van der Waals surface area contributed by atoms with Crippen molar-refractivity contribution in [3.05, 3.63) is 53.6 Å². The van der Waals surface area contributed by atoms with Gasteiger partial charge in [-0.2, -0.15) is 0 Å². The predicted octanol–water partition coefficient (Wildman–Crippen LogP) is 2.05. The van der Waals surface area contributed by atoms with Crippen LogP contribution >= 0.6 is 0 Å². The fourth-order valence-corrected chi connectivity index (χ4v) is 3.80. The zero-order valence-electron chi connectivity index (χ0n) is 16.1. The van der Waals surface area contributed by atoms with Gasteiger partial charge in [0.15, 0.2) is 11.5 Å². The highest BCUT2D eigenvalue weighted by atomic mass is 32.2. The van der Waals surface area contributed by atoms with Crippen LogP contribution in [0.2, 0.25) is 0 Å². The number of carbonyl (C=O) groups is 1. The van der Waals surface area contributed by atoms with E-state index in [0.29, 0.717) is 37.7 Å². The molecule has 3 rings (SSSR count). The number of ether oxygens (including phenoxy) is 3. The van der Waals surface area contributed by atoms with Gasteiger partial charge in [0, 0.05) is 31.9 Å². The molecule has 156 valence electrons. The maximum Gasteiger partial charge on any atom is 0.251 e. The van der Waals surface area contributed by atoms with Crippen LogP contribution in [0.1, 0.15) is 29.3 Å². The van der Waals surface area contributed by atoms with Crippen molar-refractivity contribution in [1.29, 1.82) is 0 Å². The largest absolute Gasteiger partial charge is 0.454 e. The summed E-state index contributed by atoms with van der Waals surface area (Å²) >= 11 is 0. The van der Waals surface area contributed by atoms with Gasteiger partial charge >= 0.3 is 0 Å². The van der Waals surface area contributed by atoms with Gasteiger partial charge in [-0.1, -0.05) is 12.1 Å². The van der Waals surface area contributed by atoms with Crippen molar-refractivity contribution in [1.82, 2.24) is 10.0 Å². The second kappa shape index (κ2) is 9.73. The Morgan fingerprint density at radius 3 is 2.79 bits per heavy atom. The summed E-state index contributed by atoms with van der Waals surface area (Å²) in [7, 11) is -3.78. The molecule has 0 radical (unpaired) electrons. The Labute approximate surface area is 170 Å². The van der Waals surface area contributed by atoms with Crippen molar-refractivity contribution in [3.63, 3.8) is 0 Å². The Kier molecular flexibility index (Phi) is 7.08. The first kappa shape index (κ1) is 21.1. The topological polar surface area (TPSA) is 103 Å². The van der Waals surface area contributed by atoms with E-state index in [9.17, 15) is 13.2 Å². The first-order valence-electron chi connectivity index (χ1n) is 9.34. The Bertz CT molecular complexity index is 961. The number of amides is 1. The molecule has 2 aromatic rings. The molecular weight excluding hydrogens is 396 g/mol. The lowest BCUT2D eigenvalue weighted by atomic mass is 10.2. The minimum atomic E-state index is -3.78. The lowest BCUT2D eigenvalue weighted by molar-refractivity contribution is 0.0944. The van der Waals surface area contributed by atoms with E-state index < -0.39 is 10.0 Å². The molecule has 0 bridgehead atoms. The molecule has 9 heteroatoms. The first-order valence-corrected chi connectivity index (χ1v) is 10.8. The van der Waals surface area contributed by atoms with Gasteiger partial charge in [0.2, 0.25) is 16.8 Å². The summed E-state index contributed by atoms with van der Waals surface area (Å²) < 4.78 is 43.6. The average Bonchev–Trinajstić information content (AvgIpc) is 3.20. The summed E-state index contributed by atoms with van der Waals surface area (Å²) in [6.45, 7) is 3.81. The summed E-state index contributed by atoms with van der Waals surface area (Å²) in [4.78, 5) is 12.3. The SMILES string of the molecule is CCOCCCNC(=O)c1cccc(S(=O)(=O)NCc2ccc3c(c2)OCO3)c1. The zero-order chi connectivity index (χ0) is 20.7. The minimum absolute atomic E-state index is 0.0280. The molecule has 0 unspecified atom stereocenters. The monoisotopic (exact) mass is 420 g/mol. The molecule has 1 heterocycles. The van der Waals surface area contributed by atoms with Gasteiger partial charge in [-0.25, -0.2) is 13.1 Å². The summed E-state index contributed by atoms with van der Waals surface area (Å²) in [5.74, 6) is 0.899. The van der Waals surface area contributed by atoms with E-state index in [0.717, 1.165) is 5.56 Å². The molecule has 0 spiro atoms. The maximum atomic E-state index is 12.6. The Hall–Kier alpha value is -2.62. The Morgan fingerprint density at radius 1 is 1.14 bits per heavy atom. The van der Waals surface area contributed by atoms with E-state index in [1.807, 2.05) is 6.92 Å². The Balaban J connectivity index is 1.60. The second-order valence-electron chi connectivity index (χ2n) is 6.35. The highest BCUT2D eigenvalue weighted by Crippen LogP contribution is 2.32. The first-order chi connectivity index (χ1) is 14.0. The van der Waals surface area contributed by atoms with Gasteiger partial charge in [-0.3, -0.25) is 4.79 Å². The van der Waals surface area contributed by atoms with Crippen LogP contribution in [0.5, 0.6) is 11.5 Å². The number of hydrogen-bond donors (Lipinski definition) is 2. The molecule has 2 N–H and O–H groups in total. The van der Waals surface area contributed by atoms with E-state index in [-0.39, 0.29) is 29.7 Å². The van der Waals surface area contributed by atoms with Gasteiger partial charge in [0.25, 0.3) is 5.91 Å². The third-order valence-electron chi connectivity index (χ3n) is 4.26. The van der Waals surface area contributed by atoms with Crippen molar-refractivity contribution in [2.75, 3.05) is 26.6 Å². The molecule has 1 aliphatic heterocycles. The molecule has 2 aromatic carbocycles. The fourth-order valence-electron chi connectivity index (χ4n) is 2.74. The van der Waals surface area contributed by atoms with Crippen LogP contribution in [0.25, 0.3) is 0 Å². The molecule has 0 saturated heterocycles. The number of nitrogens with one attached hydrogen (secondary N) is 2. The van der Waals surface area contributed by atoms with Gasteiger partial charge in [0.05, 0.1) is 4.90 Å². The average molecular weight is 420 g/mol. The fraction of sp³-hybridized carbons (Fsp3) is 0.350. The summed E-state index contributed by atoms with van der Waals surface area (Å²) in [6, 6.07) is 11.2. The molecule has 1 amide bonds. The molecule has 0 aromatic heterocycles. The molecule has 0 saturated carbocycles. The van der Waals surface area contributed by atoms with Crippen LogP contribution in [-0.2, 0) is 21.3 Å². The highest BCUT2D eigenvalue weighted by Gasteiger charge is 2.18. The number of fused-ring (bicyclic) bond motifs is 1. The normalized spacial score (nSPS) is 12.7. The van der Waals surface area contributed by atoms with Crippen molar-refractivity contribution in [3.8, 4) is 11.5 Å². The Morgan fingerprint density at radius 2 is 1.97 bits per heavy atom. The molecule has 0 aliphatic carbocycles. The van der Waals surface area contributed by atoms with Crippen LogP contribution in [0.3, 0.4) is 0 Å². The van der Waals surface area contributed by atoms with E-state index in [2.05, 4.69) is 10.0 Å². The maximum absolute atomic E-state index is 12.6. The van der Waals surface area contributed by atoms with Crippen molar-refractivity contribution >= 4 is 15.9 Å². The van der Waals surface area contributed by atoms with Gasteiger partial charge in [-0.15, -0.1) is 0 Å². The smallest absolute Gasteiger partial charge is 0.251 e. The predicted molar refractivity (Wildman–Crippen MR) is 106 cm³/mol. The standard InChI is InChI=1S/C20H24N2O6S/c1-2-26-10-4-9-21-20(23)16-5-3-6-17(12-16)29(24,25)22-13-15-7-8-18-19(11-15)28-14-27-18/h3,5-8,11-12,22H,2,4,9-10,13-14H2,1H3,(H,21,23). The van der Waals surface area contributed by atoms with Crippen LogP contribution in [0.15, 0.2) is 47.4 Å². The molecule has 8 nitrogen and oxygen atoms in total. The number of sulfonamides is 1. The number of rotatable bonds is 10. The summed E-state index contributed by atoms with van der Waals surface area (Å²) in [5.41, 5.74) is 1.02. The molecule has 0 fully saturated rings. The third kappa shape index (κ3) is 5.69. The molecule has 29 heavy (non-hydrogen) atoms. The molecular formula is C20H24N2O6S. The van der Waals surface area contributed by atoms with E-state index >= 15 is 0 Å². The second-order valence-corrected chi connectivity index (χ2v) is 8.11. The van der Waals surface area contributed by atoms with Crippen molar-refractivity contribution in [2.45, 2.75) is 24.8 Å². The number of benzene rings is 2. The van der Waals surface area contributed by atoms with E-state index in [1.54, 1.807) is 30.3 Å². The number of carbonyl (C=O) groups excluding carboxylic acids is 1. The lowest BCUT2D eigenvalue weighted by Crippen LogP contribution is -2.26. The summed E-state index contributed by atoms with van der Waals surface area (Å²) in [6.07, 6.45) is 0.689. The quantitative estimate of drug-likeness (QED) is 0.571. The van der Waals surface area contributed by atoms with Crippen LogP contribution < -0.4 is 19.5 Å².